The van der Waals surface area contributed by atoms with Crippen LogP contribution < -0.4 is 10.6 Å². The van der Waals surface area contributed by atoms with E-state index in [0.29, 0.717) is 18.1 Å². The minimum atomic E-state index is 0.193. The Morgan fingerprint density at radius 1 is 1.11 bits per heavy atom. The van der Waals surface area contributed by atoms with Crippen LogP contribution in [0.2, 0.25) is 0 Å². The van der Waals surface area contributed by atoms with E-state index in [0.717, 1.165) is 13.1 Å². The second kappa shape index (κ2) is 5.47. The highest BCUT2D eigenvalue weighted by Gasteiger charge is 2.35. The first-order valence-corrected chi connectivity index (χ1v) is 7.63. The standard InChI is InChI=1S/C14H25N3O/c18-14(16-11-4-1-2-5-11)17(13-7-8-13)10-12-6-3-9-15-12/h11-13,15H,1-10H2,(H,16,18). The highest BCUT2D eigenvalue weighted by Crippen LogP contribution is 2.28. The molecule has 102 valence electrons. The smallest absolute Gasteiger partial charge is 0.317 e. The maximum atomic E-state index is 12.4. The van der Waals surface area contributed by atoms with Crippen molar-refractivity contribution in [3.05, 3.63) is 0 Å². The summed E-state index contributed by atoms with van der Waals surface area (Å²) in [6.07, 6.45) is 9.78. The van der Waals surface area contributed by atoms with E-state index in [9.17, 15) is 4.79 Å². The molecule has 0 aromatic carbocycles. The maximum Gasteiger partial charge on any atom is 0.317 e. The van der Waals surface area contributed by atoms with E-state index >= 15 is 0 Å². The summed E-state index contributed by atoms with van der Waals surface area (Å²) in [5.41, 5.74) is 0. The Bertz CT molecular complexity index is 291. The van der Waals surface area contributed by atoms with E-state index in [1.807, 2.05) is 0 Å². The molecule has 0 aromatic heterocycles. The van der Waals surface area contributed by atoms with Crippen LogP contribution in [0.15, 0.2) is 0 Å². The number of hydrogen-bond acceptors (Lipinski definition) is 2. The fraction of sp³-hybridized carbons (Fsp3) is 0.929. The van der Waals surface area contributed by atoms with Gasteiger partial charge in [-0.05, 0) is 45.1 Å². The predicted octanol–water partition coefficient (Wildman–Crippen LogP) is 1.85. The van der Waals surface area contributed by atoms with Gasteiger partial charge in [-0.25, -0.2) is 4.79 Å². The summed E-state index contributed by atoms with van der Waals surface area (Å²) in [5.74, 6) is 0. The number of carbonyl (C=O) groups is 1. The molecule has 3 aliphatic rings. The largest absolute Gasteiger partial charge is 0.335 e. The number of hydrogen-bond donors (Lipinski definition) is 2. The summed E-state index contributed by atoms with van der Waals surface area (Å²) >= 11 is 0. The number of nitrogens with one attached hydrogen (secondary N) is 2. The zero-order chi connectivity index (χ0) is 12.4. The Balaban J connectivity index is 1.52. The van der Waals surface area contributed by atoms with Crippen LogP contribution in [0.25, 0.3) is 0 Å². The molecule has 2 N–H and O–H groups in total. The number of urea groups is 1. The highest BCUT2D eigenvalue weighted by atomic mass is 16.2. The average Bonchev–Trinajstić information content (AvgIpc) is 2.87. The molecule has 2 saturated carbocycles. The van der Waals surface area contributed by atoms with Gasteiger partial charge >= 0.3 is 6.03 Å². The molecule has 1 aliphatic heterocycles. The molecule has 0 aromatic rings. The van der Waals surface area contributed by atoms with Crippen molar-refractivity contribution < 1.29 is 4.79 Å². The van der Waals surface area contributed by atoms with Gasteiger partial charge in [-0.3, -0.25) is 0 Å². The lowest BCUT2D eigenvalue weighted by molar-refractivity contribution is 0.185. The fourth-order valence-electron chi connectivity index (χ4n) is 3.26. The Hall–Kier alpha value is -0.770. The van der Waals surface area contributed by atoms with Crippen molar-refractivity contribution in [2.45, 2.75) is 69.5 Å². The average molecular weight is 251 g/mol. The quantitative estimate of drug-likeness (QED) is 0.801. The van der Waals surface area contributed by atoms with E-state index in [4.69, 9.17) is 0 Å². The molecule has 3 fully saturated rings. The van der Waals surface area contributed by atoms with Gasteiger partial charge in [-0.1, -0.05) is 12.8 Å². The highest BCUT2D eigenvalue weighted by molar-refractivity contribution is 5.75. The lowest BCUT2D eigenvalue weighted by Crippen LogP contribution is -2.49. The molecule has 1 heterocycles. The first-order chi connectivity index (χ1) is 8.83. The van der Waals surface area contributed by atoms with Gasteiger partial charge in [-0.15, -0.1) is 0 Å². The summed E-state index contributed by atoms with van der Waals surface area (Å²) in [7, 11) is 0. The zero-order valence-corrected chi connectivity index (χ0v) is 11.2. The van der Waals surface area contributed by atoms with Gasteiger partial charge in [0.05, 0.1) is 0 Å². The van der Waals surface area contributed by atoms with Crippen LogP contribution in [0.1, 0.15) is 51.4 Å². The summed E-state index contributed by atoms with van der Waals surface area (Å²) in [6, 6.07) is 1.68. The second-order valence-electron chi connectivity index (χ2n) is 6.11. The van der Waals surface area contributed by atoms with Crippen LogP contribution in [-0.4, -0.2) is 42.1 Å². The molecule has 0 radical (unpaired) electrons. The van der Waals surface area contributed by atoms with Gasteiger partial charge in [0.25, 0.3) is 0 Å². The van der Waals surface area contributed by atoms with Crippen LogP contribution in [0.3, 0.4) is 0 Å². The van der Waals surface area contributed by atoms with Gasteiger partial charge in [0, 0.05) is 24.7 Å². The second-order valence-corrected chi connectivity index (χ2v) is 6.11. The molecule has 18 heavy (non-hydrogen) atoms. The monoisotopic (exact) mass is 251 g/mol. The molecule has 0 spiro atoms. The predicted molar refractivity (Wildman–Crippen MR) is 71.5 cm³/mol. The Labute approximate surface area is 109 Å². The van der Waals surface area contributed by atoms with Gasteiger partial charge in [0.2, 0.25) is 0 Å². The molecule has 3 rings (SSSR count). The van der Waals surface area contributed by atoms with E-state index < -0.39 is 0 Å². The summed E-state index contributed by atoms with van der Waals surface area (Å²) < 4.78 is 0. The first kappa shape index (κ1) is 12.3. The SMILES string of the molecule is O=C(NC1CCCC1)N(CC1CCCN1)C1CC1. The van der Waals surface area contributed by atoms with Crippen molar-refractivity contribution in [1.82, 2.24) is 15.5 Å². The minimum Gasteiger partial charge on any atom is -0.335 e. The van der Waals surface area contributed by atoms with Crippen LogP contribution >= 0.6 is 0 Å². The van der Waals surface area contributed by atoms with Gasteiger partial charge in [-0.2, -0.15) is 0 Å². The van der Waals surface area contributed by atoms with Gasteiger partial charge in [0.15, 0.2) is 0 Å². The van der Waals surface area contributed by atoms with Crippen molar-refractivity contribution in [3.8, 4) is 0 Å². The first-order valence-electron chi connectivity index (χ1n) is 7.63. The third-order valence-corrected chi connectivity index (χ3v) is 4.51. The third-order valence-electron chi connectivity index (χ3n) is 4.51. The summed E-state index contributed by atoms with van der Waals surface area (Å²) in [5, 5.41) is 6.73. The van der Waals surface area contributed by atoms with Gasteiger partial charge in [0.1, 0.15) is 0 Å². The van der Waals surface area contributed by atoms with E-state index in [1.165, 1.54) is 51.4 Å². The van der Waals surface area contributed by atoms with Crippen LogP contribution in [0.5, 0.6) is 0 Å². The van der Waals surface area contributed by atoms with Gasteiger partial charge < -0.3 is 15.5 Å². The van der Waals surface area contributed by atoms with E-state index in [2.05, 4.69) is 15.5 Å². The topological polar surface area (TPSA) is 44.4 Å². The number of carbonyl (C=O) groups excluding carboxylic acids is 1. The Morgan fingerprint density at radius 2 is 1.89 bits per heavy atom. The molecule has 2 amide bonds. The summed E-state index contributed by atoms with van der Waals surface area (Å²) in [6.45, 7) is 2.02. The van der Waals surface area contributed by atoms with Crippen molar-refractivity contribution in [1.29, 1.82) is 0 Å². The Morgan fingerprint density at radius 3 is 2.50 bits per heavy atom. The fourth-order valence-corrected chi connectivity index (χ4v) is 3.26. The number of amides is 2. The molecule has 4 heteroatoms. The lowest BCUT2D eigenvalue weighted by atomic mass is 10.2. The molecular formula is C14H25N3O. The molecule has 0 bridgehead atoms. The van der Waals surface area contributed by atoms with Crippen molar-refractivity contribution in [2.75, 3.05) is 13.1 Å². The molecule has 1 atom stereocenters. The maximum absolute atomic E-state index is 12.4. The van der Waals surface area contributed by atoms with E-state index in [-0.39, 0.29) is 6.03 Å². The number of nitrogens with zero attached hydrogens (tertiary/aromatic N) is 1. The van der Waals surface area contributed by atoms with Crippen LogP contribution in [0, 0.1) is 0 Å². The molecule has 1 saturated heterocycles. The molecular weight excluding hydrogens is 226 g/mol. The van der Waals surface area contributed by atoms with Crippen molar-refractivity contribution >= 4 is 6.03 Å². The zero-order valence-electron chi connectivity index (χ0n) is 11.2. The molecule has 2 aliphatic carbocycles. The summed E-state index contributed by atoms with van der Waals surface area (Å²) in [4.78, 5) is 14.5. The van der Waals surface area contributed by atoms with Crippen LogP contribution in [0.4, 0.5) is 4.79 Å². The normalized spacial score (nSPS) is 28.6. The van der Waals surface area contributed by atoms with Crippen molar-refractivity contribution in [2.24, 2.45) is 0 Å². The Kier molecular flexibility index (Phi) is 3.73. The van der Waals surface area contributed by atoms with Crippen LogP contribution in [-0.2, 0) is 0 Å². The minimum absolute atomic E-state index is 0.193. The van der Waals surface area contributed by atoms with E-state index in [1.54, 1.807) is 0 Å². The lowest BCUT2D eigenvalue weighted by Gasteiger charge is -2.27. The number of rotatable bonds is 4. The molecule has 4 nitrogen and oxygen atoms in total. The van der Waals surface area contributed by atoms with Crippen molar-refractivity contribution in [3.63, 3.8) is 0 Å². The third kappa shape index (κ3) is 2.97. The molecule has 1 unspecified atom stereocenters.